The topological polar surface area (TPSA) is 111 Å². The first-order valence-corrected chi connectivity index (χ1v) is 10.5. The number of carbonyl (C=O) groups excluding carboxylic acids is 3. The van der Waals surface area contributed by atoms with Gasteiger partial charge in [-0.05, 0) is 26.0 Å². The van der Waals surface area contributed by atoms with Crippen LogP contribution < -0.4 is 15.4 Å². The van der Waals surface area contributed by atoms with Gasteiger partial charge in [0.25, 0.3) is 11.8 Å². The number of hydrogen-bond acceptors (Lipinski definition) is 6. The first-order valence-electron chi connectivity index (χ1n) is 10.5. The number of hydrogen-bond donors (Lipinski definition) is 2. The van der Waals surface area contributed by atoms with Crippen molar-refractivity contribution in [2.45, 2.75) is 32.4 Å². The number of pyridine rings is 1. The fourth-order valence-corrected chi connectivity index (χ4v) is 3.79. The zero-order valence-electron chi connectivity index (χ0n) is 18.2. The Morgan fingerprint density at radius 3 is 2.79 bits per heavy atom. The molecule has 0 radical (unpaired) electrons. The number of carbonyl (C=O) groups is 3. The standard InChI is InChI=1S/C23H23FN4O5/c1-3-32-22(31)23(9-10-25-21(23)30)26-20(29)19-14(2)27-28-11-8-16(12-18(19)28)33-13-15-6-4-5-7-17(15)24/h4-8,11-12H,3,9-10,13H2,1-2H3,(H,25,30)(H,26,29). The van der Waals surface area contributed by atoms with E-state index >= 15 is 0 Å². The molecule has 0 spiro atoms. The average Bonchev–Trinajstić information content (AvgIpc) is 3.32. The van der Waals surface area contributed by atoms with Gasteiger partial charge < -0.3 is 20.1 Å². The van der Waals surface area contributed by atoms with E-state index < -0.39 is 23.3 Å². The summed E-state index contributed by atoms with van der Waals surface area (Å²) in [5.41, 5.74) is -0.407. The highest BCUT2D eigenvalue weighted by Crippen LogP contribution is 2.24. The van der Waals surface area contributed by atoms with Gasteiger partial charge in [0.05, 0.1) is 23.4 Å². The maximum atomic E-state index is 13.9. The number of amides is 2. The molecular weight excluding hydrogens is 431 g/mol. The summed E-state index contributed by atoms with van der Waals surface area (Å²) < 4.78 is 26.1. The molecule has 1 fully saturated rings. The number of esters is 1. The van der Waals surface area contributed by atoms with Crippen LogP contribution in [0.15, 0.2) is 42.6 Å². The summed E-state index contributed by atoms with van der Waals surface area (Å²) in [4.78, 5) is 38.3. The van der Waals surface area contributed by atoms with Gasteiger partial charge in [0, 0.05) is 30.8 Å². The molecule has 2 amide bonds. The van der Waals surface area contributed by atoms with Gasteiger partial charge in [0.1, 0.15) is 18.2 Å². The van der Waals surface area contributed by atoms with Crippen LogP contribution in [0.4, 0.5) is 4.39 Å². The van der Waals surface area contributed by atoms with Crippen LogP contribution in [0.1, 0.15) is 35.0 Å². The van der Waals surface area contributed by atoms with Crippen LogP contribution in [0.2, 0.25) is 0 Å². The predicted octanol–water partition coefficient (Wildman–Crippen LogP) is 1.91. The van der Waals surface area contributed by atoms with Crippen LogP contribution in [0, 0.1) is 12.7 Å². The average molecular weight is 454 g/mol. The van der Waals surface area contributed by atoms with Crippen molar-refractivity contribution in [1.82, 2.24) is 20.2 Å². The third-order valence-electron chi connectivity index (χ3n) is 5.48. The second-order valence-electron chi connectivity index (χ2n) is 7.62. The van der Waals surface area contributed by atoms with Crippen LogP contribution in [0.25, 0.3) is 5.52 Å². The fourth-order valence-electron chi connectivity index (χ4n) is 3.79. The van der Waals surface area contributed by atoms with Crippen molar-refractivity contribution >= 4 is 23.3 Å². The number of benzene rings is 1. The van der Waals surface area contributed by atoms with Crippen molar-refractivity contribution in [3.63, 3.8) is 0 Å². The molecule has 1 unspecified atom stereocenters. The molecule has 1 saturated heterocycles. The molecular formula is C23H23FN4O5. The van der Waals surface area contributed by atoms with Crippen LogP contribution in [0.3, 0.4) is 0 Å². The van der Waals surface area contributed by atoms with E-state index in [1.54, 1.807) is 50.4 Å². The third-order valence-corrected chi connectivity index (χ3v) is 5.48. The molecule has 1 aromatic carbocycles. The normalized spacial score (nSPS) is 17.6. The van der Waals surface area contributed by atoms with E-state index in [4.69, 9.17) is 9.47 Å². The lowest BCUT2D eigenvalue weighted by Gasteiger charge is -2.25. The molecule has 0 aliphatic carbocycles. The molecule has 0 saturated carbocycles. The van der Waals surface area contributed by atoms with E-state index in [9.17, 15) is 18.8 Å². The molecule has 3 heterocycles. The van der Waals surface area contributed by atoms with Crippen molar-refractivity contribution in [2.24, 2.45) is 0 Å². The summed E-state index contributed by atoms with van der Waals surface area (Å²) >= 11 is 0. The Kier molecular flexibility index (Phi) is 5.99. The number of nitrogens with zero attached hydrogens (tertiary/aromatic N) is 2. The number of rotatable bonds is 7. The Morgan fingerprint density at radius 1 is 1.30 bits per heavy atom. The Bertz CT molecular complexity index is 1240. The zero-order valence-corrected chi connectivity index (χ0v) is 18.2. The lowest BCUT2D eigenvalue weighted by molar-refractivity contribution is -0.154. The minimum absolute atomic E-state index is 0.00361. The fraction of sp³-hybridized carbons (Fsp3) is 0.304. The van der Waals surface area contributed by atoms with E-state index in [1.807, 2.05) is 0 Å². The molecule has 1 aliphatic heterocycles. The number of halogens is 1. The number of ether oxygens (including phenoxy) is 2. The van der Waals surface area contributed by atoms with Crippen LogP contribution >= 0.6 is 0 Å². The van der Waals surface area contributed by atoms with Crippen molar-refractivity contribution in [3.05, 3.63) is 65.2 Å². The summed E-state index contributed by atoms with van der Waals surface area (Å²) in [6.45, 7) is 3.58. The van der Waals surface area contributed by atoms with Crippen molar-refractivity contribution in [1.29, 1.82) is 0 Å². The van der Waals surface area contributed by atoms with Crippen molar-refractivity contribution < 1.29 is 28.2 Å². The monoisotopic (exact) mass is 454 g/mol. The van der Waals surface area contributed by atoms with Gasteiger partial charge in [-0.3, -0.25) is 9.59 Å². The first-order chi connectivity index (χ1) is 15.9. The Hall–Kier alpha value is -3.95. The van der Waals surface area contributed by atoms with E-state index in [0.29, 0.717) is 22.5 Å². The van der Waals surface area contributed by atoms with E-state index in [1.165, 1.54) is 10.6 Å². The molecule has 0 bridgehead atoms. The molecule has 1 aliphatic rings. The molecule has 10 heteroatoms. The summed E-state index contributed by atoms with van der Waals surface area (Å²) in [5, 5.41) is 9.48. The summed E-state index contributed by atoms with van der Waals surface area (Å²) in [5.74, 6) is -2.04. The summed E-state index contributed by atoms with van der Waals surface area (Å²) in [7, 11) is 0. The van der Waals surface area contributed by atoms with Gasteiger partial charge in [-0.2, -0.15) is 5.10 Å². The Labute approximate surface area is 188 Å². The first kappa shape index (κ1) is 22.3. The number of fused-ring (bicyclic) bond motifs is 1. The maximum absolute atomic E-state index is 13.9. The molecule has 1 atom stereocenters. The third kappa shape index (κ3) is 4.11. The summed E-state index contributed by atoms with van der Waals surface area (Å²) in [6.07, 6.45) is 1.69. The second kappa shape index (κ2) is 8.89. The highest BCUT2D eigenvalue weighted by molar-refractivity contribution is 6.14. The quantitative estimate of drug-likeness (QED) is 0.417. The van der Waals surface area contributed by atoms with E-state index in [-0.39, 0.29) is 37.6 Å². The number of aryl methyl sites for hydroxylation is 1. The molecule has 172 valence electrons. The number of aromatic nitrogens is 2. The SMILES string of the molecule is CCOC(=O)C1(NC(=O)c2c(C)nn3ccc(OCc4ccccc4F)cc23)CCNC1=O. The highest BCUT2D eigenvalue weighted by atomic mass is 19.1. The minimum atomic E-state index is -1.80. The molecule has 4 rings (SSSR count). The van der Waals surface area contributed by atoms with Gasteiger partial charge in [-0.1, -0.05) is 18.2 Å². The van der Waals surface area contributed by atoms with Crippen molar-refractivity contribution in [2.75, 3.05) is 13.2 Å². The smallest absolute Gasteiger partial charge is 0.341 e. The zero-order chi connectivity index (χ0) is 23.6. The van der Waals surface area contributed by atoms with Gasteiger partial charge in [-0.15, -0.1) is 0 Å². The van der Waals surface area contributed by atoms with Crippen LogP contribution in [-0.2, 0) is 20.9 Å². The van der Waals surface area contributed by atoms with Gasteiger partial charge in [0.2, 0.25) is 5.54 Å². The molecule has 9 nitrogen and oxygen atoms in total. The maximum Gasteiger partial charge on any atom is 0.341 e. The molecule has 2 N–H and O–H groups in total. The predicted molar refractivity (Wildman–Crippen MR) is 115 cm³/mol. The molecule has 33 heavy (non-hydrogen) atoms. The Morgan fingerprint density at radius 2 is 2.09 bits per heavy atom. The van der Waals surface area contributed by atoms with Gasteiger partial charge in [0.15, 0.2) is 0 Å². The Balaban J connectivity index is 1.62. The number of nitrogens with one attached hydrogen (secondary N) is 2. The summed E-state index contributed by atoms with van der Waals surface area (Å²) in [6, 6.07) is 9.53. The van der Waals surface area contributed by atoms with Crippen molar-refractivity contribution in [3.8, 4) is 5.75 Å². The molecule has 2 aromatic heterocycles. The van der Waals surface area contributed by atoms with Crippen LogP contribution in [0.5, 0.6) is 5.75 Å². The van der Waals surface area contributed by atoms with Gasteiger partial charge >= 0.3 is 5.97 Å². The lowest BCUT2D eigenvalue weighted by atomic mass is 9.96. The molecule has 3 aromatic rings. The van der Waals surface area contributed by atoms with Gasteiger partial charge in [-0.25, -0.2) is 13.7 Å². The van der Waals surface area contributed by atoms with Crippen LogP contribution in [-0.4, -0.2) is 46.1 Å². The lowest BCUT2D eigenvalue weighted by Crippen LogP contribution is -2.59. The second-order valence-corrected chi connectivity index (χ2v) is 7.62. The minimum Gasteiger partial charge on any atom is -0.489 e. The van der Waals surface area contributed by atoms with E-state index in [0.717, 1.165) is 0 Å². The van der Waals surface area contributed by atoms with E-state index in [2.05, 4.69) is 15.7 Å². The highest BCUT2D eigenvalue weighted by Gasteiger charge is 2.52. The largest absolute Gasteiger partial charge is 0.489 e.